The van der Waals surface area contributed by atoms with Crippen LogP contribution in [0.2, 0.25) is 0 Å². The number of aryl methyl sites for hydroxylation is 1. The van der Waals surface area contributed by atoms with Crippen molar-refractivity contribution in [3.63, 3.8) is 0 Å². The number of fused-ring (bicyclic) bond motifs is 1. The highest BCUT2D eigenvalue weighted by molar-refractivity contribution is 7.91. The van der Waals surface area contributed by atoms with Crippen LogP contribution in [-0.2, 0) is 14.6 Å². The number of aliphatic hydroxyl groups is 1. The Morgan fingerprint density at radius 2 is 2.12 bits per heavy atom. The minimum atomic E-state index is -3.34. The van der Waals surface area contributed by atoms with Gasteiger partial charge in [-0.3, -0.25) is 4.79 Å². The average molecular weight is 367 g/mol. The minimum absolute atomic E-state index is 0.291. The maximum Gasteiger partial charge on any atom is 0.336 e. The van der Waals surface area contributed by atoms with Crippen molar-refractivity contribution in [1.29, 1.82) is 0 Å². The van der Waals surface area contributed by atoms with Crippen molar-refractivity contribution in [3.8, 4) is 5.75 Å². The van der Waals surface area contributed by atoms with E-state index in [0.717, 1.165) is 10.9 Å². The van der Waals surface area contributed by atoms with E-state index in [4.69, 9.17) is 9.15 Å². The number of aliphatic hydroxyl groups excluding tert-OH is 1. The third-order valence-corrected chi connectivity index (χ3v) is 5.68. The summed E-state index contributed by atoms with van der Waals surface area (Å²) in [6, 6.07) is 5.41. The van der Waals surface area contributed by atoms with Crippen LogP contribution >= 0.6 is 0 Å². The number of rotatable bonds is 4. The summed E-state index contributed by atoms with van der Waals surface area (Å²) in [4.78, 5) is 23.3. The lowest BCUT2D eigenvalue weighted by Gasteiger charge is -2.15. The molecule has 0 spiro atoms. The van der Waals surface area contributed by atoms with Crippen molar-refractivity contribution < 1.29 is 27.5 Å². The molecule has 1 amide bonds. The second-order valence-corrected chi connectivity index (χ2v) is 8.17. The molecule has 1 aliphatic rings. The number of sulfone groups is 1. The number of ether oxygens (including phenoxy) is 1. The zero-order valence-corrected chi connectivity index (χ0v) is 14.2. The fourth-order valence-corrected chi connectivity index (χ4v) is 4.50. The standard InChI is InChI=1S/C16H17NO7S/c1-9-4-16(20)24-14-5-10(2-3-11(9)14)23-6-15(19)17-12-7-25(21,22)8-13(12)18/h2-5,12-13,18H,6-8H2,1H3,(H,17,19). The van der Waals surface area contributed by atoms with Gasteiger partial charge in [0.1, 0.15) is 11.3 Å². The lowest BCUT2D eigenvalue weighted by Crippen LogP contribution is -2.44. The Bertz CT molecular complexity index is 980. The molecule has 8 nitrogen and oxygen atoms in total. The molecule has 0 bridgehead atoms. The van der Waals surface area contributed by atoms with Gasteiger partial charge in [0, 0.05) is 17.5 Å². The van der Waals surface area contributed by atoms with Crippen LogP contribution in [0.5, 0.6) is 5.75 Å². The van der Waals surface area contributed by atoms with Gasteiger partial charge < -0.3 is 19.6 Å². The van der Waals surface area contributed by atoms with E-state index in [2.05, 4.69) is 5.32 Å². The van der Waals surface area contributed by atoms with E-state index in [0.29, 0.717) is 11.3 Å². The van der Waals surface area contributed by atoms with Gasteiger partial charge in [0.2, 0.25) is 0 Å². The molecule has 1 aromatic heterocycles. The highest BCUT2D eigenvalue weighted by Crippen LogP contribution is 2.22. The summed E-state index contributed by atoms with van der Waals surface area (Å²) in [5.41, 5.74) is 0.642. The average Bonchev–Trinajstić information content (AvgIpc) is 2.76. The highest BCUT2D eigenvalue weighted by atomic mass is 32.2. The molecule has 1 saturated heterocycles. The van der Waals surface area contributed by atoms with Crippen molar-refractivity contribution in [1.82, 2.24) is 5.32 Å². The van der Waals surface area contributed by atoms with Gasteiger partial charge in [-0.15, -0.1) is 0 Å². The van der Waals surface area contributed by atoms with Crippen LogP contribution in [0.4, 0.5) is 0 Å². The third-order valence-electron chi connectivity index (χ3n) is 3.96. The summed E-state index contributed by atoms with van der Waals surface area (Å²) in [6.45, 7) is 1.43. The number of nitrogens with one attached hydrogen (secondary N) is 1. The molecule has 9 heteroatoms. The minimum Gasteiger partial charge on any atom is -0.484 e. The van der Waals surface area contributed by atoms with Gasteiger partial charge in [-0.05, 0) is 24.6 Å². The van der Waals surface area contributed by atoms with E-state index < -0.39 is 33.5 Å². The maximum absolute atomic E-state index is 11.9. The fraction of sp³-hybridized carbons (Fsp3) is 0.375. The van der Waals surface area contributed by atoms with Crippen LogP contribution in [0, 0.1) is 6.92 Å². The molecule has 3 rings (SSSR count). The second-order valence-electron chi connectivity index (χ2n) is 6.01. The van der Waals surface area contributed by atoms with E-state index in [1.54, 1.807) is 19.1 Å². The number of carbonyl (C=O) groups excluding carboxylic acids is 1. The summed E-state index contributed by atoms with van der Waals surface area (Å²) in [5.74, 6) is -0.870. The molecular formula is C16H17NO7S. The van der Waals surface area contributed by atoms with Crippen LogP contribution in [0.25, 0.3) is 11.0 Å². The first-order valence-corrected chi connectivity index (χ1v) is 9.41. The normalized spacial score (nSPS) is 22.0. The first-order valence-electron chi connectivity index (χ1n) is 7.59. The maximum atomic E-state index is 11.9. The summed E-state index contributed by atoms with van der Waals surface area (Å²) >= 11 is 0. The topological polar surface area (TPSA) is 123 Å². The van der Waals surface area contributed by atoms with Gasteiger partial charge in [0.15, 0.2) is 16.4 Å². The highest BCUT2D eigenvalue weighted by Gasteiger charge is 2.37. The third kappa shape index (κ3) is 3.99. The van der Waals surface area contributed by atoms with Crippen molar-refractivity contribution in [3.05, 3.63) is 40.2 Å². The van der Waals surface area contributed by atoms with Crippen LogP contribution in [0.15, 0.2) is 33.5 Å². The zero-order chi connectivity index (χ0) is 18.2. The second kappa shape index (κ2) is 6.49. The van der Waals surface area contributed by atoms with Gasteiger partial charge >= 0.3 is 5.63 Å². The Labute approximate surface area is 143 Å². The van der Waals surface area contributed by atoms with Gasteiger partial charge in [-0.1, -0.05) is 0 Å². The van der Waals surface area contributed by atoms with Crippen LogP contribution in [0.3, 0.4) is 0 Å². The number of hydrogen-bond acceptors (Lipinski definition) is 7. The molecule has 1 aliphatic heterocycles. The molecule has 2 heterocycles. The van der Waals surface area contributed by atoms with E-state index in [1.807, 2.05) is 0 Å². The predicted octanol–water partition coefficient (Wildman–Crippen LogP) is -0.246. The monoisotopic (exact) mass is 367 g/mol. The molecule has 1 fully saturated rings. The summed E-state index contributed by atoms with van der Waals surface area (Å²) in [5, 5.41) is 12.9. The molecule has 0 aliphatic carbocycles. The van der Waals surface area contributed by atoms with Crippen LogP contribution in [-0.4, -0.2) is 49.7 Å². The van der Waals surface area contributed by atoms with E-state index in [-0.39, 0.29) is 18.1 Å². The zero-order valence-electron chi connectivity index (χ0n) is 13.4. The summed E-state index contributed by atoms with van der Waals surface area (Å²) in [7, 11) is -3.34. The Morgan fingerprint density at radius 1 is 1.36 bits per heavy atom. The quantitative estimate of drug-likeness (QED) is 0.715. The fourth-order valence-electron chi connectivity index (χ4n) is 2.76. The summed E-state index contributed by atoms with van der Waals surface area (Å²) < 4.78 is 33.3. The molecule has 2 N–H and O–H groups in total. The number of hydrogen-bond donors (Lipinski definition) is 2. The molecule has 25 heavy (non-hydrogen) atoms. The van der Waals surface area contributed by atoms with E-state index in [1.165, 1.54) is 12.1 Å². The van der Waals surface area contributed by atoms with Crippen molar-refractivity contribution in [2.45, 2.75) is 19.1 Å². The van der Waals surface area contributed by atoms with E-state index in [9.17, 15) is 23.1 Å². The number of carbonyl (C=O) groups is 1. The first kappa shape index (κ1) is 17.4. The molecular weight excluding hydrogens is 350 g/mol. The Balaban J connectivity index is 1.64. The molecule has 134 valence electrons. The van der Waals surface area contributed by atoms with Gasteiger partial charge in [-0.2, -0.15) is 0 Å². The molecule has 0 radical (unpaired) electrons. The SMILES string of the molecule is Cc1cc(=O)oc2cc(OCC(=O)NC3CS(=O)(=O)CC3O)ccc12. The Kier molecular flexibility index (Phi) is 4.53. The number of amides is 1. The van der Waals surface area contributed by atoms with E-state index >= 15 is 0 Å². The number of benzene rings is 1. The Hall–Kier alpha value is -2.39. The van der Waals surface area contributed by atoms with Crippen molar-refractivity contribution >= 4 is 26.7 Å². The van der Waals surface area contributed by atoms with Crippen LogP contribution in [0.1, 0.15) is 5.56 Å². The van der Waals surface area contributed by atoms with Crippen molar-refractivity contribution in [2.24, 2.45) is 0 Å². The van der Waals surface area contributed by atoms with Gasteiger partial charge in [0.25, 0.3) is 5.91 Å². The Morgan fingerprint density at radius 3 is 2.80 bits per heavy atom. The smallest absolute Gasteiger partial charge is 0.336 e. The summed E-state index contributed by atoms with van der Waals surface area (Å²) in [6.07, 6.45) is -1.12. The first-order chi connectivity index (χ1) is 11.7. The van der Waals surface area contributed by atoms with Crippen molar-refractivity contribution in [2.75, 3.05) is 18.1 Å². The largest absolute Gasteiger partial charge is 0.484 e. The predicted molar refractivity (Wildman–Crippen MR) is 89.3 cm³/mol. The molecule has 0 saturated carbocycles. The van der Waals surface area contributed by atoms with Gasteiger partial charge in [-0.25, -0.2) is 13.2 Å². The lowest BCUT2D eigenvalue weighted by atomic mass is 10.1. The molecule has 1 aromatic carbocycles. The van der Waals surface area contributed by atoms with Crippen LogP contribution < -0.4 is 15.7 Å². The molecule has 2 atom stereocenters. The lowest BCUT2D eigenvalue weighted by molar-refractivity contribution is -0.124. The van der Waals surface area contributed by atoms with Gasteiger partial charge in [0.05, 0.1) is 23.7 Å². The molecule has 2 unspecified atom stereocenters. The molecule has 2 aromatic rings.